The van der Waals surface area contributed by atoms with Crippen molar-refractivity contribution in [2.24, 2.45) is 0 Å². The van der Waals surface area contributed by atoms with E-state index >= 15 is 0 Å². The van der Waals surface area contributed by atoms with Gasteiger partial charge in [0, 0.05) is 0 Å². The van der Waals surface area contributed by atoms with Gasteiger partial charge in [0.15, 0.2) is 0 Å². The lowest BCUT2D eigenvalue weighted by Crippen LogP contribution is -3.08. The second-order valence-corrected chi connectivity index (χ2v) is 7.28. The molecule has 0 fully saturated rings. The molecule has 1 nitrogen and oxygen atoms in total. The van der Waals surface area contributed by atoms with Gasteiger partial charge in [0.2, 0.25) is 0 Å². The van der Waals surface area contributed by atoms with Crippen molar-refractivity contribution >= 4 is 10.8 Å². The van der Waals surface area contributed by atoms with Crippen molar-refractivity contribution < 1.29 is 17.3 Å². The molecule has 0 amide bonds. The summed E-state index contributed by atoms with van der Waals surface area (Å²) in [5.41, 5.74) is 1.52. The summed E-state index contributed by atoms with van der Waals surface area (Å²) >= 11 is 0. The topological polar surface area (TPSA) is 4.44 Å². The summed E-state index contributed by atoms with van der Waals surface area (Å²) in [6.07, 6.45) is 12.5. The van der Waals surface area contributed by atoms with Crippen LogP contribution in [0.5, 0.6) is 0 Å². The van der Waals surface area contributed by atoms with E-state index in [2.05, 4.69) is 56.4 Å². The van der Waals surface area contributed by atoms with E-state index in [1.165, 1.54) is 87.2 Å². The second-order valence-electron chi connectivity index (χ2n) is 7.28. The molecule has 1 N–H and O–H groups in total. The van der Waals surface area contributed by atoms with Gasteiger partial charge in [-0.05, 0) is 48.9 Å². The minimum Gasteiger partial charge on any atom is -1.00 e. The van der Waals surface area contributed by atoms with Crippen LogP contribution < -0.4 is 17.3 Å². The first-order valence-corrected chi connectivity index (χ1v) is 10.1. The maximum absolute atomic E-state index is 2.30. The normalized spacial score (nSPS) is 12.1. The minimum atomic E-state index is 0. The fraction of sp³-hybridized carbons (Fsp3) is 0.565. The Kier molecular flexibility index (Phi) is 11.6. The Labute approximate surface area is 161 Å². The van der Waals surface area contributed by atoms with E-state index in [4.69, 9.17) is 0 Å². The standard InChI is InChI=1S/C23H35N.ClH/c1-3-24(2)20-13-9-7-5-4-6-8-10-15-21-17-14-18-22-16-11-12-19-23(21)22;/h11-12,14,16-19H,3-10,13,15,20H2,1-2H3;1H. The van der Waals surface area contributed by atoms with Gasteiger partial charge in [-0.2, -0.15) is 0 Å². The monoisotopic (exact) mass is 361 g/mol. The van der Waals surface area contributed by atoms with Crippen LogP contribution >= 0.6 is 0 Å². The molecule has 1 atom stereocenters. The van der Waals surface area contributed by atoms with E-state index in [-0.39, 0.29) is 12.4 Å². The molecule has 0 aliphatic heterocycles. The molecule has 0 radical (unpaired) electrons. The van der Waals surface area contributed by atoms with Gasteiger partial charge in [0.1, 0.15) is 0 Å². The molecule has 140 valence electrons. The van der Waals surface area contributed by atoms with Gasteiger partial charge < -0.3 is 17.3 Å². The maximum Gasteiger partial charge on any atom is 0.0768 e. The number of hydrogen-bond donors (Lipinski definition) is 1. The fourth-order valence-electron chi connectivity index (χ4n) is 3.49. The maximum atomic E-state index is 2.30. The van der Waals surface area contributed by atoms with E-state index in [1.807, 2.05) is 0 Å². The number of unbranched alkanes of at least 4 members (excludes halogenated alkanes) is 7. The molecule has 0 saturated carbocycles. The third-order valence-corrected chi connectivity index (χ3v) is 5.28. The zero-order valence-corrected chi connectivity index (χ0v) is 17.0. The van der Waals surface area contributed by atoms with Crippen LogP contribution in [-0.4, -0.2) is 20.1 Å². The Balaban J connectivity index is 0.00000312. The second kappa shape index (κ2) is 13.2. The van der Waals surface area contributed by atoms with Crippen LogP contribution in [-0.2, 0) is 6.42 Å². The van der Waals surface area contributed by atoms with Crippen LogP contribution in [0.1, 0.15) is 63.9 Å². The molecule has 2 rings (SSSR count). The Morgan fingerprint density at radius 1 is 0.720 bits per heavy atom. The molecular formula is C23H36ClN. The van der Waals surface area contributed by atoms with E-state index < -0.39 is 0 Å². The van der Waals surface area contributed by atoms with Crippen molar-refractivity contribution in [3.8, 4) is 0 Å². The average molecular weight is 362 g/mol. The molecule has 1 unspecified atom stereocenters. The molecule has 0 spiro atoms. The summed E-state index contributed by atoms with van der Waals surface area (Å²) in [5, 5.41) is 2.82. The van der Waals surface area contributed by atoms with E-state index in [9.17, 15) is 0 Å². The highest BCUT2D eigenvalue weighted by molar-refractivity contribution is 5.85. The number of rotatable bonds is 12. The van der Waals surface area contributed by atoms with E-state index in [0.29, 0.717) is 0 Å². The quantitative estimate of drug-likeness (QED) is 0.552. The molecule has 0 aliphatic carbocycles. The summed E-state index contributed by atoms with van der Waals surface area (Å²) in [6, 6.07) is 15.5. The number of benzene rings is 2. The van der Waals surface area contributed by atoms with Crippen molar-refractivity contribution in [2.45, 2.75) is 64.7 Å². The Morgan fingerprint density at radius 3 is 2.04 bits per heavy atom. The zero-order valence-electron chi connectivity index (χ0n) is 16.2. The summed E-state index contributed by atoms with van der Waals surface area (Å²) in [5.74, 6) is 0. The molecule has 0 heterocycles. The lowest BCUT2D eigenvalue weighted by atomic mass is 9.99. The summed E-state index contributed by atoms with van der Waals surface area (Å²) in [6.45, 7) is 4.88. The van der Waals surface area contributed by atoms with Crippen molar-refractivity contribution in [1.82, 2.24) is 0 Å². The molecule has 0 saturated heterocycles. The summed E-state index contributed by atoms with van der Waals surface area (Å²) in [4.78, 5) is 1.67. The van der Waals surface area contributed by atoms with Gasteiger partial charge in [-0.1, -0.05) is 74.6 Å². The van der Waals surface area contributed by atoms with Gasteiger partial charge in [-0.3, -0.25) is 0 Å². The lowest BCUT2D eigenvalue weighted by Gasteiger charge is -2.10. The van der Waals surface area contributed by atoms with Gasteiger partial charge in [0.05, 0.1) is 20.1 Å². The molecular weight excluding hydrogens is 326 g/mol. The third-order valence-electron chi connectivity index (χ3n) is 5.28. The van der Waals surface area contributed by atoms with Crippen LogP contribution in [0, 0.1) is 0 Å². The zero-order chi connectivity index (χ0) is 17.0. The molecule has 0 bridgehead atoms. The molecule has 2 aromatic carbocycles. The number of fused-ring (bicyclic) bond motifs is 1. The van der Waals surface area contributed by atoms with E-state index in [1.54, 1.807) is 4.90 Å². The molecule has 2 heteroatoms. The molecule has 0 aromatic heterocycles. The lowest BCUT2D eigenvalue weighted by molar-refractivity contribution is -0.877. The number of quaternary nitrogens is 1. The van der Waals surface area contributed by atoms with Gasteiger partial charge >= 0.3 is 0 Å². The summed E-state index contributed by atoms with van der Waals surface area (Å²) < 4.78 is 0. The molecule has 0 aliphatic rings. The van der Waals surface area contributed by atoms with Crippen LogP contribution in [0.3, 0.4) is 0 Å². The van der Waals surface area contributed by atoms with Gasteiger partial charge in [-0.25, -0.2) is 0 Å². The van der Waals surface area contributed by atoms with Crippen LogP contribution in [0.2, 0.25) is 0 Å². The largest absolute Gasteiger partial charge is 1.00 e. The highest BCUT2D eigenvalue weighted by Crippen LogP contribution is 2.20. The smallest absolute Gasteiger partial charge is 0.0768 e. The SMILES string of the molecule is CC[NH+](C)CCCCCCCCCCc1cccc2ccccc12.[Cl-]. The highest BCUT2D eigenvalue weighted by Gasteiger charge is 2.00. The molecule has 25 heavy (non-hydrogen) atoms. The highest BCUT2D eigenvalue weighted by atomic mass is 35.5. The van der Waals surface area contributed by atoms with Crippen LogP contribution in [0.4, 0.5) is 0 Å². The fourth-order valence-corrected chi connectivity index (χ4v) is 3.49. The first-order chi connectivity index (χ1) is 11.8. The number of aryl methyl sites for hydroxylation is 1. The van der Waals surface area contributed by atoms with Crippen molar-refractivity contribution in [3.05, 3.63) is 48.0 Å². The third kappa shape index (κ3) is 8.25. The number of hydrogen-bond acceptors (Lipinski definition) is 0. The van der Waals surface area contributed by atoms with Gasteiger partial charge in [0.25, 0.3) is 0 Å². The first kappa shape index (κ1) is 22.0. The Hall–Kier alpha value is -1.05. The van der Waals surface area contributed by atoms with E-state index in [0.717, 1.165) is 0 Å². The van der Waals surface area contributed by atoms with Gasteiger partial charge in [-0.15, -0.1) is 0 Å². The predicted molar refractivity (Wildman–Crippen MR) is 107 cm³/mol. The van der Waals surface area contributed by atoms with Crippen LogP contribution in [0.15, 0.2) is 42.5 Å². The van der Waals surface area contributed by atoms with Crippen LogP contribution in [0.25, 0.3) is 10.8 Å². The molecule has 2 aromatic rings. The van der Waals surface area contributed by atoms with Crippen molar-refractivity contribution in [2.75, 3.05) is 20.1 Å². The number of halogens is 1. The predicted octanol–water partition coefficient (Wildman–Crippen LogP) is 2.04. The van der Waals surface area contributed by atoms with Crippen molar-refractivity contribution in [1.29, 1.82) is 0 Å². The Morgan fingerprint density at radius 2 is 1.32 bits per heavy atom. The Bertz CT molecular complexity index is 576. The minimum absolute atomic E-state index is 0. The van der Waals surface area contributed by atoms with Crippen molar-refractivity contribution in [3.63, 3.8) is 0 Å². The first-order valence-electron chi connectivity index (χ1n) is 10.1. The number of nitrogens with one attached hydrogen (secondary N) is 1. The summed E-state index contributed by atoms with van der Waals surface area (Å²) in [7, 11) is 2.30. The average Bonchev–Trinajstić information content (AvgIpc) is 2.63.